The summed E-state index contributed by atoms with van der Waals surface area (Å²) in [6.45, 7) is 2.71. The van der Waals surface area contributed by atoms with Gasteiger partial charge in [0.05, 0.1) is 10.5 Å². The van der Waals surface area contributed by atoms with E-state index in [2.05, 4.69) is 4.98 Å². The summed E-state index contributed by atoms with van der Waals surface area (Å²) in [6, 6.07) is 7.66. The van der Waals surface area contributed by atoms with Crippen LogP contribution in [-0.2, 0) is 4.79 Å². The molecule has 1 aromatic carbocycles. The molecule has 1 aliphatic heterocycles. The van der Waals surface area contributed by atoms with Crippen molar-refractivity contribution in [1.82, 2.24) is 4.98 Å². The number of carbonyl (C=O) groups is 1. The number of benzene rings is 1. The minimum atomic E-state index is 0.186. The molecule has 0 aliphatic carbocycles. The SMILES string of the molecule is Cc1cc(Cl)c2cc(N3CCCC3=O)ccc2n1. The lowest BCUT2D eigenvalue weighted by Crippen LogP contribution is -2.23. The fourth-order valence-corrected chi connectivity index (χ4v) is 2.69. The standard InChI is InChI=1S/C14H13ClN2O/c1-9-7-12(15)11-8-10(4-5-13(11)16-9)17-6-2-3-14(17)18/h4-5,7-8H,2-3,6H2,1H3. The summed E-state index contributed by atoms with van der Waals surface area (Å²) < 4.78 is 0. The first-order chi connectivity index (χ1) is 8.65. The van der Waals surface area contributed by atoms with Gasteiger partial charge >= 0.3 is 0 Å². The molecule has 1 aliphatic rings. The quantitative estimate of drug-likeness (QED) is 0.788. The van der Waals surface area contributed by atoms with E-state index in [4.69, 9.17) is 11.6 Å². The Morgan fingerprint density at radius 3 is 2.89 bits per heavy atom. The fraction of sp³-hybridized carbons (Fsp3) is 0.286. The molecule has 1 fully saturated rings. The number of pyridine rings is 1. The Labute approximate surface area is 110 Å². The normalized spacial score (nSPS) is 15.7. The van der Waals surface area contributed by atoms with E-state index < -0.39 is 0 Å². The number of nitrogens with zero attached hydrogens (tertiary/aromatic N) is 2. The largest absolute Gasteiger partial charge is 0.312 e. The van der Waals surface area contributed by atoms with Crippen LogP contribution in [0.2, 0.25) is 5.02 Å². The molecule has 0 atom stereocenters. The Bertz CT molecular complexity index is 639. The number of aromatic nitrogens is 1. The number of aryl methyl sites for hydroxylation is 1. The number of rotatable bonds is 1. The monoisotopic (exact) mass is 260 g/mol. The summed E-state index contributed by atoms with van der Waals surface area (Å²) >= 11 is 6.23. The highest BCUT2D eigenvalue weighted by Crippen LogP contribution is 2.29. The van der Waals surface area contributed by atoms with Crippen LogP contribution in [0, 0.1) is 6.92 Å². The summed E-state index contributed by atoms with van der Waals surface area (Å²) in [5, 5.41) is 1.59. The maximum Gasteiger partial charge on any atom is 0.227 e. The molecule has 2 heterocycles. The lowest BCUT2D eigenvalue weighted by Gasteiger charge is -2.16. The van der Waals surface area contributed by atoms with Crippen molar-refractivity contribution < 1.29 is 4.79 Å². The van der Waals surface area contributed by atoms with Crippen molar-refractivity contribution in [2.75, 3.05) is 11.4 Å². The Morgan fingerprint density at radius 2 is 2.17 bits per heavy atom. The van der Waals surface area contributed by atoms with Crippen molar-refractivity contribution >= 4 is 34.1 Å². The van der Waals surface area contributed by atoms with Crippen LogP contribution in [-0.4, -0.2) is 17.4 Å². The molecule has 18 heavy (non-hydrogen) atoms. The second kappa shape index (κ2) is 4.25. The van der Waals surface area contributed by atoms with Crippen molar-refractivity contribution in [3.05, 3.63) is 35.0 Å². The zero-order chi connectivity index (χ0) is 12.7. The maximum atomic E-state index is 11.7. The van der Waals surface area contributed by atoms with Gasteiger partial charge in [0.1, 0.15) is 0 Å². The van der Waals surface area contributed by atoms with Gasteiger partial charge < -0.3 is 4.90 Å². The fourth-order valence-electron chi connectivity index (χ4n) is 2.39. The van der Waals surface area contributed by atoms with E-state index in [0.717, 1.165) is 35.2 Å². The Hall–Kier alpha value is -1.61. The Balaban J connectivity index is 2.13. The van der Waals surface area contributed by atoms with Gasteiger partial charge in [-0.15, -0.1) is 0 Å². The number of anilines is 1. The van der Waals surface area contributed by atoms with Crippen LogP contribution in [0.3, 0.4) is 0 Å². The van der Waals surface area contributed by atoms with Crippen molar-refractivity contribution in [2.24, 2.45) is 0 Å². The highest BCUT2D eigenvalue weighted by Gasteiger charge is 2.21. The average molecular weight is 261 g/mol. The number of hydrogen-bond donors (Lipinski definition) is 0. The maximum absolute atomic E-state index is 11.7. The summed E-state index contributed by atoms with van der Waals surface area (Å²) in [7, 11) is 0. The van der Waals surface area contributed by atoms with Gasteiger partial charge in [0.25, 0.3) is 0 Å². The van der Waals surface area contributed by atoms with E-state index >= 15 is 0 Å². The van der Waals surface area contributed by atoms with Crippen molar-refractivity contribution in [2.45, 2.75) is 19.8 Å². The zero-order valence-electron chi connectivity index (χ0n) is 10.1. The summed E-state index contributed by atoms with van der Waals surface area (Å²) in [4.78, 5) is 18.0. The Kier molecular flexibility index (Phi) is 2.71. The molecule has 0 unspecified atom stereocenters. The van der Waals surface area contributed by atoms with Gasteiger partial charge in [0.15, 0.2) is 0 Å². The van der Waals surface area contributed by atoms with E-state index in [1.165, 1.54) is 0 Å². The first-order valence-electron chi connectivity index (χ1n) is 6.02. The molecule has 92 valence electrons. The van der Waals surface area contributed by atoms with E-state index in [0.29, 0.717) is 11.4 Å². The van der Waals surface area contributed by atoms with Gasteiger partial charge in [-0.1, -0.05) is 11.6 Å². The van der Waals surface area contributed by atoms with Crippen LogP contribution in [0.25, 0.3) is 10.9 Å². The molecule has 3 rings (SSSR count). The molecule has 0 saturated carbocycles. The number of hydrogen-bond acceptors (Lipinski definition) is 2. The number of fused-ring (bicyclic) bond motifs is 1. The Morgan fingerprint density at radius 1 is 1.33 bits per heavy atom. The molecule has 3 nitrogen and oxygen atoms in total. The lowest BCUT2D eigenvalue weighted by molar-refractivity contribution is -0.117. The molecule has 0 N–H and O–H groups in total. The molecule has 1 amide bonds. The van der Waals surface area contributed by atoms with Crippen molar-refractivity contribution in [3.63, 3.8) is 0 Å². The lowest BCUT2D eigenvalue weighted by atomic mass is 10.1. The predicted octanol–water partition coefficient (Wildman–Crippen LogP) is 3.32. The molecule has 0 radical (unpaired) electrons. The molecular formula is C14H13ClN2O. The van der Waals surface area contributed by atoms with Gasteiger partial charge in [-0.05, 0) is 37.6 Å². The third-order valence-electron chi connectivity index (χ3n) is 3.25. The van der Waals surface area contributed by atoms with Gasteiger partial charge in [-0.3, -0.25) is 9.78 Å². The summed E-state index contributed by atoms with van der Waals surface area (Å²) in [6.07, 6.45) is 1.56. The number of halogens is 1. The third-order valence-corrected chi connectivity index (χ3v) is 3.57. The average Bonchev–Trinajstić information content (AvgIpc) is 2.75. The van der Waals surface area contributed by atoms with Crippen LogP contribution in [0.5, 0.6) is 0 Å². The van der Waals surface area contributed by atoms with Crippen LogP contribution in [0.15, 0.2) is 24.3 Å². The first kappa shape index (κ1) is 11.5. The van der Waals surface area contributed by atoms with Gasteiger partial charge in [-0.2, -0.15) is 0 Å². The first-order valence-corrected chi connectivity index (χ1v) is 6.40. The number of amides is 1. The molecule has 2 aromatic rings. The summed E-state index contributed by atoms with van der Waals surface area (Å²) in [5.74, 6) is 0.186. The smallest absolute Gasteiger partial charge is 0.227 e. The topological polar surface area (TPSA) is 33.2 Å². The zero-order valence-corrected chi connectivity index (χ0v) is 10.9. The third kappa shape index (κ3) is 1.85. The van der Waals surface area contributed by atoms with Crippen LogP contribution in [0.4, 0.5) is 5.69 Å². The number of carbonyl (C=O) groups excluding carboxylic acids is 1. The molecule has 0 bridgehead atoms. The van der Waals surface area contributed by atoms with Gasteiger partial charge in [0, 0.05) is 29.7 Å². The van der Waals surface area contributed by atoms with E-state index in [1.54, 1.807) is 0 Å². The molecule has 0 spiro atoms. The molecule has 4 heteroatoms. The molecule has 1 aromatic heterocycles. The van der Waals surface area contributed by atoms with E-state index in [9.17, 15) is 4.79 Å². The van der Waals surface area contributed by atoms with E-state index in [-0.39, 0.29) is 5.91 Å². The highest BCUT2D eigenvalue weighted by molar-refractivity contribution is 6.35. The van der Waals surface area contributed by atoms with Gasteiger partial charge in [0.2, 0.25) is 5.91 Å². The van der Waals surface area contributed by atoms with E-state index in [1.807, 2.05) is 36.1 Å². The highest BCUT2D eigenvalue weighted by atomic mass is 35.5. The van der Waals surface area contributed by atoms with Crippen LogP contribution >= 0.6 is 11.6 Å². The second-order valence-corrected chi connectivity index (χ2v) is 5.00. The van der Waals surface area contributed by atoms with Crippen LogP contribution < -0.4 is 4.90 Å². The molecule has 1 saturated heterocycles. The second-order valence-electron chi connectivity index (χ2n) is 4.60. The van der Waals surface area contributed by atoms with Crippen molar-refractivity contribution in [3.8, 4) is 0 Å². The molecular weight excluding hydrogens is 248 g/mol. The van der Waals surface area contributed by atoms with Crippen molar-refractivity contribution in [1.29, 1.82) is 0 Å². The van der Waals surface area contributed by atoms with Gasteiger partial charge in [-0.25, -0.2) is 0 Å². The minimum Gasteiger partial charge on any atom is -0.312 e. The van der Waals surface area contributed by atoms with Crippen LogP contribution in [0.1, 0.15) is 18.5 Å². The summed E-state index contributed by atoms with van der Waals surface area (Å²) in [5.41, 5.74) is 2.69. The minimum absolute atomic E-state index is 0.186. The predicted molar refractivity (Wildman–Crippen MR) is 73.1 cm³/mol.